The number of nitrogens with one attached hydrogen (secondary N) is 1. The molecule has 2 aromatic rings. The lowest BCUT2D eigenvalue weighted by Crippen LogP contribution is -1.92. The van der Waals surface area contributed by atoms with Gasteiger partial charge in [0.05, 0.1) is 17.3 Å². The molecule has 2 nitrogen and oxygen atoms in total. The third-order valence-corrected chi connectivity index (χ3v) is 2.91. The average molecular weight is 291 g/mol. The molecule has 0 fully saturated rings. The van der Waals surface area contributed by atoms with Gasteiger partial charge in [0.2, 0.25) is 0 Å². The van der Waals surface area contributed by atoms with Crippen molar-refractivity contribution in [3.05, 3.63) is 58.3 Å². The van der Waals surface area contributed by atoms with Crippen molar-refractivity contribution in [3.8, 4) is 6.07 Å². The molecule has 0 saturated carbocycles. The minimum absolute atomic E-state index is 0.302. The highest BCUT2D eigenvalue weighted by molar-refractivity contribution is 9.10. The van der Waals surface area contributed by atoms with Crippen LogP contribution in [0.15, 0.2) is 46.9 Å². The smallest absolute Gasteiger partial charge is 0.125 e. The fourth-order valence-electron chi connectivity index (χ4n) is 1.38. The van der Waals surface area contributed by atoms with E-state index in [9.17, 15) is 4.39 Å². The molecule has 4 heteroatoms. The number of nitriles is 1. The standard InChI is InChI=1S/C13H8BrFN2/c14-12-6-3-10(15)7-13(12)17-11-4-1-9(8-16)2-5-11/h1-7,17H. The van der Waals surface area contributed by atoms with E-state index in [2.05, 4.69) is 21.2 Å². The monoisotopic (exact) mass is 290 g/mol. The summed E-state index contributed by atoms with van der Waals surface area (Å²) in [6.45, 7) is 0. The van der Waals surface area contributed by atoms with Gasteiger partial charge in [0.15, 0.2) is 0 Å². The predicted molar refractivity (Wildman–Crippen MR) is 68.5 cm³/mol. The van der Waals surface area contributed by atoms with Gasteiger partial charge in [0.25, 0.3) is 0 Å². The van der Waals surface area contributed by atoms with Crippen LogP contribution in [0, 0.1) is 17.1 Å². The quantitative estimate of drug-likeness (QED) is 0.900. The molecule has 0 unspecified atom stereocenters. The molecule has 0 atom stereocenters. The van der Waals surface area contributed by atoms with Gasteiger partial charge in [-0.2, -0.15) is 5.26 Å². The lowest BCUT2D eigenvalue weighted by Gasteiger charge is -2.08. The summed E-state index contributed by atoms with van der Waals surface area (Å²) in [7, 11) is 0. The van der Waals surface area contributed by atoms with E-state index in [0.29, 0.717) is 11.3 Å². The zero-order chi connectivity index (χ0) is 12.3. The zero-order valence-electron chi connectivity index (χ0n) is 8.74. The minimum Gasteiger partial charge on any atom is -0.355 e. The van der Waals surface area contributed by atoms with Gasteiger partial charge >= 0.3 is 0 Å². The van der Waals surface area contributed by atoms with Gasteiger partial charge in [0, 0.05) is 10.2 Å². The first-order valence-electron chi connectivity index (χ1n) is 4.91. The second-order valence-corrected chi connectivity index (χ2v) is 4.29. The van der Waals surface area contributed by atoms with Crippen LogP contribution >= 0.6 is 15.9 Å². The Hall–Kier alpha value is -1.86. The Kier molecular flexibility index (Phi) is 3.40. The van der Waals surface area contributed by atoms with Gasteiger partial charge in [-0.1, -0.05) is 0 Å². The predicted octanol–water partition coefficient (Wildman–Crippen LogP) is 4.20. The highest BCUT2D eigenvalue weighted by Gasteiger charge is 2.02. The first-order valence-corrected chi connectivity index (χ1v) is 5.70. The highest BCUT2D eigenvalue weighted by atomic mass is 79.9. The molecule has 0 aromatic heterocycles. The van der Waals surface area contributed by atoms with Crippen LogP contribution < -0.4 is 5.32 Å². The number of hydrogen-bond donors (Lipinski definition) is 1. The van der Waals surface area contributed by atoms with E-state index in [0.717, 1.165) is 10.2 Å². The summed E-state index contributed by atoms with van der Waals surface area (Å²) in [4.78, 5) is 0. The van der Waals surface area contributed by atoms with Crippen molar-refractivity contribution < 1.29 is 4.39 Å². The van der Waals surface area contributed by atoms with Gasteiger partial charge in [-0.05, 0) is 58.4 Å². The van der Waals surface area contributed by atoms with Crippen molar-refractivity contribution in [2.75, 3.05) is 5.32 Å². The first-order chi connectivity index (χ1) is 8.19. The van der Waals surface area contributed by atoms with Crippen LogP contribution in [-0.2, 0) is 0 Å². The van der Waals surface area contributed by atoms with Crippen LogP contribution in [0.4, 0.5) is 15.8 Å². The number of halogens is 2. The molecule has 0 aliphatic rings. The van der Waals surface area contributed by atoms with E-state index in [1.54, 1.807) is 30.3 Å². The minimum atomic E-state index is -0.302. The molecule has 2 aromatic carbocycles. The fraction of sp³-hybridized carbons (Fsp3) is 0. The van der Waals surface area contributed by atoms with Gasteiger partial charge in [-0.3, -0.25) is 0 Å². The molecular formula is C13H8BrFN2. The molecule has 0 spiro atoms. The van der Waals surface area contributed by atoms with Crippen LogP contribution in [-0.4, -0.2) is 0 Å². The summed E-state index contributed by atoms with van der Waals surface area (Å²) in [6.07, 6.45) is 0. The molecule has 17 heavy (non-hydrogen) atoms. The number of rotatable bonds is 2. The second kappa shape index (κ2) is 4.98. The van der Waals surface area contributed by atoms with E-state index in [4.69, 9.17) is 5.26 Å². The molecule has 0 radical (unpaired) electrons. The van der Waals surface area contributed by atoms with E-state index in [-0.39, 0.29) is 5.82 Å². The van der Waals surface area contributed by atoms with Gasteiger partial charge < -0.3 is 5.32 Å². The molecule has 1 N–H and O–H groups in total. The Morgan fingerprint density at radius 2 is 1.82 bits per heavy atom. The molecule has 2 rings (SSSR count). The lowest BCUT2D eigenvalue weighted by atomic mass is 10.2. The first kappa shape index (κ1) is 11.6. The molecular weight excluding hydrogens is 283 g/mol. The maximum atomic E-state index is 13.1. The zero-order valence-corrected chi connectivity index (χ0v) is 10.3. The van der Waals surface area contributed by atoms with Crippen molar-refractivity contribution in [2.24, 2.45) is 0 Å². The van der Waals surface area contributed by atoms with Crippen LogP contribution in [0.5, 0.6) is 0 Å². The normalized spacial score (nSPS) is 9.71. The largest absolute Gasteiger partial charge is 0.355 e. The summed E-state index contributed by atoms with van der Waals surface area (Å²) in [5, 5.41) is 11.7. The van der Waals surface area contributed by atoms with Crippen molar-refractivity contribution in [1.82, 2.24) is 0 Å². The molecule has 0 heterocycles. The Bertz CT molecular complexity index is 573. The SMILES string of the molecule is N#Cc1ccc(Nc2cc(F)ccc2Br)cc1. The van der Waals surface area contributed by atoms with Crippen molar-refractivity contribution in [3.63, 3.8) is 0 Å². The highest BCUT2D eigenvalue weighted by Crippen LogP contribution is 2.26. The average Bonchev–Trinajstić information content (AvgIpc) is 2.35. The fourth-order valence-corrected chi connectivity index (χ4v) is 1.72. The van der Waals surface area contributed by atoms with E-state index < -0.39 is 0 Å². The van der Waals surface area contributed by atoms with Crippen molar-refractivity contribution >= 4 is 27.3 Å². The molecule has 0 aliphatic heterocycles. The van der Waals surface area contributed by atoms with Crippen molar-refractivity contribution in [2.45, 2.75) is 0 Å². The molecule has 0 aliphatic carbocycles. The molecule has 0 saturated heterocycles. The second-order valence-electron chi connectivity index (χ2n) is 3.44. The van der Waals surface area contributed by atoms with E-state index >= 15 is 0 Å². The Labute approximate surface area is 107 Å². The Morgan fingerprint density at radius 1 is 1.12 bits per heavy atom. The summed E-state index contributed by atoms with van der Waals surface area (Å²) in [5.41, 5.74) is 2.04. The molecule has 84 valence electrons. The number of benzene rings is 2. The van der Waals surface area contributed by atoms with Crippen LogP contribution in [0.3, 0.4) is 0 Å². The maximum absolute atomic E-state index is 13.1. The van der Waals surface area contributed by atoms with Gasteiger partial charge in [-0.25, -0.2) is 4.39 Å². The summed E-state index contributed by atoms with van der Waals surface area (Å²) in [5.74, 6) is -0.302. The van der Waals surface area contributed by atoms with Gasteiger partial charge in [-0.15, -0.1) is 0 Å². The summed E-state index contributed by atoms with van der Waals surface area (Å²) < 4.78 is 13.8. The molecule has 0 bridgehead atoms. The van der Waals surface area contributed by atoms with Crippen molar-refractivity contribution in [1.29, 1.82) is 5.26 Å². The van der Waals surface area contributed by atoms with E-state index in [1.807, 2.05) is 6.07 Å². The third kappa shape index (κ3) is 2.83. The number of hydrogen-bond acceptors (Lipinski definition) is 2. The summed E-state index contributed by atoms with van der Waals surface area (Å²) in [6, 6.07) is 13.4. The van der Waals surface area contributed by atoms with E-state index in [1.165, 1.54) is 12.1 Å². The number of anilines is 2. The lowest BCUT2D eigenvalue weighted by molar-refractivity contribution is 0.628. The van der Waals surface area contributed by atoms with Crippen LogP contribution in [0.25, 0.3) is 0 Å². The third-order valence-electron chi connectivity index (χ3n) is 2.22. The number of nitrogens with zero attached hydrogens (tertiary/aromatic N) is 1. The van der Waals surface area contributed by atoms with Crippen LogP contribution in [0.1, 0.15) is 5.56 Å². The molecule has 0 amide bonds. The van der Waals surface area contributed by atoms with Crippen LogP contribution in [0.2, 0.25) is 0 Å². The maximum Gasteiger partial charge on any atom is 0.125 e. The Morgan fingerprint density at radius 3 is 2.47 bits per heavy atom. The summed E-state index contributed by atoms with van der Waals surface area (Å²) >= 11 is 3.33. The van der Waals surface area contributed by atoms with Gasteiger partial charge in [0.1, 0.15) is 5.82 Å². The Balaban J connectivity index is 2.25. The topological polar surface area (TPSA) is 35.8 Å².